The van der Waals surface area contributed by atoms with Gasteiger partial charge in [-0.3, -0.25) is 0 Å². The zero-order chi connectivity index (χ0) is 60.9. The van der Waals surface area contributed by atoms with E-state index in [1.807, 2.05) is 120 Å². The molecule has 0 bridgehead atoms. The molecule has 3 nitrogen and oxygen atoms in total. The van der Waals surface area contributed by atoms with Crippen LogP contribution in [0.1, 0.15) is 166 Å². The Morgan fingerprint density at radius 1 is 0.373 bits per heavy atom. The molecule has 3 aromatic heterocycles. The first-order valence-electron chi connectivity index (χ1n) is 29.8. The first-order valence-corrected chi connectivity index (χ1v) is 23.8. The summed E-state index contributed by atoms with van der Waals surface area (Å²) in [5.74, 6) is 0. The Bertz CT molecular complexity index is 3170. The Hall–Kier alpha value is -4.89. The molecule has 67 heavy (non-hydrogen) atoms. The third-order valence-electron chi connectivity index (χ3n) is 11.3. The van der Waals surface area contributed by atoms with Gasteiger partial charge in [0.15, 0.2) is 18.6 Å². The normalized spacial score (nSPS) is 15.7. The van der Waals surface area contributed by atoms with E-state index < -0.39 is 49.1 Å². The molecule has 0 fully saturated rings. The number of hydrogen-bond acceptors (Lipinski definition) is 0. The van der Waals surface area contributed by atoms with Crippen molar-refractivity contribution in [3.8, 4) is 33.8 Å². The maximum absolute atomic E-state index is 8.96. The number of hydrogen-bond donors (Lipinski definition) is 0. The molecule has 6 rings (SSSR count). The standard InChI is InChI=1S/C24H36N.2C20H28N/c1-17-10-11-21(18(2)12-17)22-13-19(14-23(3,4)5)20(16-25(22)9)15-24(6,7)8;2*1-14-8-9-18(16(3)10-14)19-11-15(2)17(13-21(19)7)12-20(4,5)6/h10-13,16H,14-15H2,1-9H3;2*8-11,13H,12H2,1-7H3/q3*+1/i1D3,14D2,15D2;1D3,12D2;. The van der Waals surface area contributed by atoms with Gasteiger partial charge in [-0.25, -0.2) is 13.7 Å². The summed E-state index contributed by atoms with van der Waals surface area (Å²) in [6, 6.07) is 22.9. The number of nitrogens with zero attached hydrogens (tertiary/aromatic N) is 3. The molecule has 0 spiro atoms. The molecular formula is C64H92N3+3. The molecule has 3 aromatic carbocycles. The molecule has 0 aliphatic rings. The molecule has 3 heterocycles. The Kier molecular flexibility index (Phi) is 12.6. The van der Waals surface area contributed by atoms with E-state index in [0.717, 1.165) is 39.9 Å². The quantitative estimate of drug-likeness (QED) is 0.141. The Morgan fingerprint density at radius 3 is 1.09 bits per heavy atom. The summed E-state index contributed by atoms with van der Waals surface area (Å²) in [7, 11) is 5.86. The fourth-order valence-electron chi connectivity index (χ4n) is 8.31. The van der Waals surface area contributed by atoms with Gasteiger partial charge in [-0.2, -0.15) is 0 Å². The molecule has 0 radical (unpaired) electrons. The largest absolute Gasteiger partial charge is 0.212 e. The van der Waals surface area contributed by atoms with E-state index in [0.29, 0.717) is 33.4 Å². The first-order chi connectivity index (χ1) is 35.4. The fourth-order valence-corrected chi connectivity index (χ4v) is 8.31. The van der Waals surface area contributed by atoms with Gasteiger partial charge in [0.2, 0.25) is 17.1 Å². The van der Waals surface area contributed by atoms with Crippen molar-refractivity contribution in [3.63, 3.8) is 0 Å². The lowest BCUT2D eigenvalue weighted by molar-refractivity contribution is -0.661. The van der Waals surface area contributed by atoms with Crippen molar-refractivity contribution >= 4 is 0 Å². The average molecular weight is 916 g/mol. The van der Waals surface area contributed by atoms with Crippen molar-refractivity contribution < 1.29 is 30.2 Å². The van der Waals surface area contributed by atoms with Gasteiger partial charge in [0.1, 0.15) is 21.1 Å². The van der Waals surface area contributed by atoms with Crippen molar-refractivity contribution in [1.82, 2.24) is 0 Å². The van der Waals surface area contributed by atoms with Gasteiger partial charge in [-0.1, -0.05) is 136 Å². The summed E-state index contributed by atoms with van der Waals surface area (Å²) in [5, 5.41) is 0. The van der Waals surface area contributed by atoms with Crippen LogP contribution in [-0.4, -0.2) is 0 Å². The highest BCUT2D eigenvalue weighted by Crippen LogP contribution is 2.32. The fraction of sp³-hybridized carbons (Fsp3) is 0.484. The van der Waals surface area contributed by atoms with Crippen LogP contribution in [0.15, 0.2) is 91.4 Å². The maximum atomic E-state index is 8.96. The zero-order valence-electron chi connectivity index (χ0n) is 57.2. The monoisotopic (exact) mass is 915 g/mol. The number of aryl methyl sites for hydroxylation is 11. The van der Waals surface area contributed by atoms with Crippen molar-refractivity contribution in [1.29, 1.82) is 0 Å². The van der Waals surface area contributed by atoms with Gasteiger partial charge < -0.3 is 0 Å². The molecule has 0 aliphatic heterocycles. The van der Waals surface area contributed by atoms with E-state index in [-0.39, 0.29) is 5.56 Å². The Morgan fingerprint density at radius 2 is 0.701 bits per heavy atom. The molecule has 0 unspecified atom stereocenters. The highest BCUT2D eigenvalue weighted by Gasteiger charge is 2.25. The van der Waals surface area contributed by atoms with Crippen LogP contribution in [0.3, 0.4) is 0 Å². The summed E-state index contributed by atoms with van der Waals surface area (Å²) < 4.78 is 104. The number of aromatic nitrogens is 3. The van der Waals surface area contributed by atoms with Crippen molar-refractivity contribution in [3.05, 3.63) is 158 Å². The molecule has 3 heteroatoms. The third kappa shape index (κ3) is 16.4. The highest BCUT2D eigenvalue weighted by atomic mass is 14.9. The first kappa shape index (κ1) is 39.0. The van der Waals surface area contributed by atoms with Gasteiger partial charge in [-0.15, -0.1) is 0 Å². The van der Waals surface area contributed by atoms with Crippen molar-refractivity contribution in [2.75, 3.05) is 0 Å². The summed E-state index contributed by atoms with van der Waals surface area (Å²) in [4.78, 5) is 0. The second-order valence-electron chi connectivity index (χ2n) is 23.2. The predicted octanol–water partition coefficient (Wildman–Crippen LogP) is 15.4. The van der Waals surface area contributed by atoms with E-state index in [2.05, 4.69) is 83.6 Å². The summed E-state index contributed by atoms with van der Waals surface area (Å²) >= 11 is 0. The molecule has 0 amide bonds. The second-order valence-corrected chi connectivity index (χ2v) is 23.2. The lowest BCUT2D eigenvalue weighted by atomic mass is 9.81. The number of benzene rings is 3. The van der Waals surface area contributed by atoms with Crippen LogP contribution in [-0.2, 0) is 46.7 Å². The number of pyridine rings is 3. The van der Waals surface area contributed by atoms with E-state index in [9.17, 15) is 0 Å². The summed E-state index contributed by atoms with van der Waals surface area (Å²) in [5.41, 5.74) is 14.2. The van der Waals surface area contributed by atoms with Gasteiger partial charge in [0.25, 0.3) is 0 Å². The molecule has 360 valence electrons. The highest BCUT2D eigenvalue weighted by molar-refractivity contribution is 5.64. The van der Waals surface area contributed by atoms with Gasteiger partial charge in [-0.05, 0) is 154 Å². The van der Waals surface area contributed by atoms with Gasteiger partial charge in [0.05, 0.1) is 0 Å². The second kappa shape index (κ2) is 21.6. The molecular weight excluding hydrogens is 811 g/mol. The molecule has 0 aliphatic carbocycles. The van der Waals surface area contributed by atoms with Crippen LogP contribution in [0, 0.1) is 76.9 Å². The molecule has 0 saturated carbocycles. The van der Waals surface area contributed by atoms with E-state index in [1.54, 1.807) is 47.2 Å². The SMILES string of the molecule is Cc1ccc(-c2cc(C)c(CC(C)(C)C)c[n+]2C)c(C)c1.[2H]C([2H])([2H])c1ccc(-c2cc(C([2H])([2H])C(C)(C)C)c(C([2H])([2H])C(C)(C)C)c[n+]2C)c(C)c1.[2H]C([2H])([2H])c1ccc(-c2cc(C)c(C([2H])([2H])C(C)(C)C)c[n+]2C)c(C)c1. The number of rotatable bonds is 7. The van der Waals surface area contributed by atoms with Crippen LogP contribution < -0.4 is 13.7 Å². The molecule has 0 atom stereocenters. The lowest BCUT2D eigenvalue weighted by Gasteiger charge is -2.24. The summed E-state index contributed by atoms with van der Waals surface area (Å²) in [6.45, 7) is 31.4. The molecule has 0 saturated heterocycles. The molecule has 6 aromatic rings. The Labute approximate surface area is 427 Å². The smallest absolute Gasteiger partial charge is 0.201 e. The van der Waals surface area contributed by atoms with E-state index >= 15 is 0 Å². The topological polar surface area (TPSA) is 11.6 Å². The Balaban J connectivity index is 0.000000261. The minimum absolute atomic E-state index is 0.257. The molecule has 0 N–H and O–H groups in total. The van der Waals surface area contributed by atoms with Crippen LogP contribution in [0.25, 0.3) is 33.8 Å². The predicted molar refractivity (Wildman–Crippen MR) is 290 cm³/mol. The van der Waals surface area contributed by atoms with Gasteiger partial charge >= 0.3 is 0 Å². The van der Waals surface area contributed by atoms with Crippen LogP contribution in [0.5, 0.6) is 0 Å². The van der Waals surface area contributed by atoms with Crippen molar-refractivity contribution in [2.45, 2.75) is 164 Å². The maximum Gasteiger partial charge on any atom is 0.212 e. The average Bonchev–Trinajstić information content (AvgIpc) is 3.26. The minimum Gasteiger partial charge on any atom is -0.201 e. The van der Waals surface area contributed by atoms with E-state index in [1.165, 1.54) is 33.5 Å². The zero-order valence-corrected chi connectivity index (χ0v) is 45.2. The van der Waals surface area contributed by atoms with Gasteiger partial charge in [0, 0.05) is 68.0 Å². The summed E-state index contributed by atoms with van der Waals surface area (Å²) in [6.07, 6.45) is 1.90. The minimum atomic E-state index is -2.20. The van der Waals surface area contributed by atoms with Crippen LogP contribution in [0.2, 0.25) is 0 Å². The van der Waals surface area contributed by atoms with Crippen LogP contribution in [0.4, 0.5) is 0 Å². The third-order valence-corrected chi connectivity index (χ3v) is 11.3. The van der Waals surface area contributed by atoms with E-state index in [4.69, 9.17) is 16.4 Å². The van der Waals surface area contributed by atoms with Crippen LogP contribution >= 0.6 is 0 Å². The lowest BCUT2D eigenvalue weighted by Crippen LogP contribution is -2.33. The van der Waals surface area contributed by atoms with Crippen molar-refractivity contribution in [2.24, 2.45) is 42.8 Å².